The number of rotatable bonds is 24. The zero-order valence-corrected chi connectivity index (χ0v) is 35.2. The van der Waals surface area contributed by atoms with E-state index in [2.05, 4.69) is 13.8 Å². The molecule has 6 nitrogen and oxygen atoms in total. The standard InChI is InChI=1S/C45H54F6O6S2/c1-3-5-7-9-11-13-17-23-35-33-37(29-31-41(35)56-58(52,53)39-25-19-15-20-26-39)43(44(46,47)48,45(49,50)51)38-30-32-42(57-59(54,55)40-27-21-16-22-28-40)36(34-38)24-18-14-12-10-8-6-4-2/h15-16,19-22,25-34H,3-14,17-18,23-24H2,1-2H3. The molecule has 0 saturated heterocycles. The van der Waals surface area contributed by atoms with Gasteiger partial charge in [-0.25, -0.2) is 0 Å². The minimum Gasteiger partial charge on any atom is -0.379 e. The first-order valence-corrected chi connectivity index (χ1v) is 23.2. The monoisotopic (exact) mass is 868 g/mol. The zero-order chi connectivity index (χ0) is 43.2. The normalized spacial score (nSPS) is 12.7. The van der Waals surface area contributed by atoms with E-state index in [-0.39, 0.29) is 45.3 Å². The van der Waals surface area contributed by atoms with Crippen LogP contribution in [-0.2, 0) is 38.5 Å². The van der Waals surface area contributed by atoms with E-state index in [1.54, 1.807) is 12.1 Å². The van der Waals surface area contributed by atoms with Gasteiger partial charge in [-0.1, -0.05) is 152 Å². The van der Waals surface area contributed by atoms with Crippen LogP contribution in [0.5, 0.6) is 11.5 Å². The SMILES string of the molecule is CCCCCCCCCc1cc(C(c2ccc(OS(=O)(=O)c3ccccc3)c(CCCCCCCCC)c2)(C(F)(F)F)C(F)(F)F)ccc1OS(=O)(=O)c1ccccc1. The van der Waals surface area contributed by atoms with Gasteiger partial charge in [0.2, 0.25) is 5.41 Å². The molecule has 4 aromatic rings. The summed E-state index contributed by atoms with van der Waals surface area (Å²) < 4.78 is 158. The Morgan fingerprint density at radius 3 is 1.08 bits per heavy atom. The van der Waals surface area contributed by atoms with Crippen molar-refractivity contribution in [1.82, 2.24) is 0 Å². The van der Waals surface area contributed by atoms with Crippen molar-refractivity contribution < 1.29 is 51.5 Å². The Bertz CT molecular complexity index is 1970. The predicted octanol–water partition coefficient (Wildman–Crippen LogP) is 13.2. The van der Waals surface area contributed by atoms with Crippen LogP contribution in [0.3, 0.4) is 0 Å². The van der Waals surface area contributed by atoms with E-state index in [0.29, 0.717) is 37.8 Å². The van der Waals surface area contributed by atoms with E-state index in [0.717, 1.165) is 88.5 Å². The van der Waals surface area contributed by atoms with Gasteiger partial charge in [0.05, 0.1) is 0 Å². The van der Waals surface area contributed by atoms with E-state index in [1.807, 2.05) is 0 Å². The molecule has 0 aliphatic heterocycles. The van der Waals surface area contributed by atoms with Crippen molar-refractivity contribution in [3.8, 4) is 11.5 Å². The molecule has 0 unspecified atom stereocenters. The molecule has 59 heavy (non-hydrogen) atoms. The van der Waals surface area contributed by atoms with Crippen LogP contribution in [0.1, 0.15) is 126 Å². The summed E-state index contributed by atoms with van der Waals surface area (Å²) in [5, 5.41) is 0. The molecule has 0 aliphatic carbocycles. The second-order valence-electron chi connectivity index (χ2n) is 14.8. The summed E-state index contributed by atoms with van der Waals surface area (Å²) in [6, 6.07) is 18.4. The number of unbranched alkanes of at least 4 members (excludes halogenated alkanes) is 12. The zero-order valence-electron chi connectivity index (χ0n) is 33.6. The maximum atomic E-state index is 15.6. The first-order valence-electron chi connectivity index (χ1n) is 20.4. The molecule has 0 heterocycles. The van der Waals surface area contributed by atoms with E-state index >= 15 is 26.3 Å². The van der Waals surface area contributed by atoms with Crippen LogP contribution in [0, 0.1) is 0 Å². The second-order valence-corrected chi connectivity index (χ2v) is 17.9. The summed E-state index contributed by atoms with van der Waals surface area (Å²) in [5.41, 5.74) is -7.26. The van der Waals surface area contributed by atoms with Gasteiger partial charge < -0.3 is 8.37 Å². The number of halogens is 6. The highest BCUT2D eigenvalue weighted by Gasteiger charge is 2.72. The second kappa shape index (κ2) is 21.5. The molecule has 4 rings (SSSR count). The van der Waals surface area contributed by atoms with Crippen LogP contribution in [0.4, 0.5) is 26.3 Å². The van der Waals surface area contributed by atoms with Gasteiger partial charge in [0.25, 0.3) is 0 Å². The highest BCUT2D eigenvalue weighted by atomic mass is 32.2. The summed E-state index contributed by atoms with van der Waals surface area (Å²) in [7, 11) is -9.02. The van der Waals surface area contributed by atoms with Crippen LogP contribution in [0.25, 0.3) is 0 Å². The fraction of sp³-hybridized carbons (Fsp3) is 0.467. The van der Waals surface area contributed by atoms with Crippen molar-refractivity contribution in [2.45, 2.75) is 144 Å². The van der Waals surface area contributed by atoms with Crippen LogP contribution < -0.4 is 8.37 Å². The third-order valence-corrected chi connectivity index (χ3v) is 12.9. The van der Waals surface area contributed by atoms with Crippen molar-refractivity contribution in [1.29, 1.82) is 0 Å². The van der Waals surface area contributed by atoms with E-state index in [4.69, 9.17) is 8.37 Å². The number of hydrogen-bond donors (Lipinski definition) is 0. The van der Waals surface area contributed by atoms with Gasteiger partial charge in [0, 0.05) is 0 Å². The first-order chi connectivity index (χ1) is 28.0. The van der Waals surface area contributed by atoms with Gasteiger partial charge in [0.1, 0.15) is 21.3 Å². The predicted molar refractivity (Wildman–Crippen MR) is 218 cm³/mol. The molecule has 14 heteroatoms. The van der Waals surface area contributed by atoms with E-state index < -0.39 is 49.1 Å². The maximum absolute atomic E-state index is 15.6. The number of aryl methyl sites for hydroxylation is 2. The van der Waals surface area contributed by atoms with Crippen LogP contribution in [-0.4, -0.2) is 29.2 Å². The summed E-state index contributed by atoms with van der Waals surface area (Å²) in [4.78, 5) is -0.480. The first kappa shape index (κ1) is 47.6. The van der Waals surface area contributed by atoms with Crippen molar-refractivity contribution >= 4 is 20.2 Å². The van der Waals surface area contributed by atoms with E-state index in [9.17, 15) is 16.8 Å². The molecule has 0 N–H and O–H groups in total. The highest BCUT2D eigenvalue weighted by molar-refractivity contribution is 7.87. The maximum Gasteiger partial charge on any atom is 0.411 e. The Labute approximate surface area is 345 Å². The Kier molecular flexibility index (Phi) is 17.3. The molecule has 0 saturated carbocycles. The lowest BCUT2D eigenvalue weighted by molar-refractivity contribution is -0.288. The molecule has 0 aromatic heterocycles. The summed E-state index contributed by atoms with van der Waals surface area (Å²) >= 11 is 0. The Morgan fingerprint density at radius 2 is 0.763 bits per heavy atom. The Morgan fingerprint density at radius 1 is 0.441 bits per heavy atom. The average Bonchev–Trinajstić information content (AvgIpc) is 3.18. The molecule has 0 radical (unpaired) electrons. The Hall–Kier alpha value is -4.04. The van der Waals surface area contributed by atoms with Gasteiger partial charge in [-0.2, -0.15) is 43.2 Å². The summed E-state index contributed by atoms with van der Waals surface area (Å²) in [6.07, 6.45) is -0.698. The fourth-order valence-corrected chi connectivity index (χ4v) is 9.18. The van der Waals surface area contributed by atoms with Gasteiger partial charge >= 0.3 is 32.6 Å². The third-order valence-electron chi connectivity index (χ3n) is 10.4. The molecular weight excluding hydrogens is 815 g/mol. The lowest BCUT2D eigenvalue weighted by Gasteiger charge is -2.39. The molecule has 324 valence electrons. The van der Waals surface area contributed by atoms with Crippen molar-refractivity contribution in [2.75, 3.05) is 0 Å². The Balaban J connectivity index is 1.85. The van der Waals surface area contributed by atoms with Crippen LogP contribution in [0.2, 0.25) is 0 Å². The fourth-order valence-electron chi connectivity index (χ4n) is 7.21. The van der Waals surface area contributed by atoms with Crippen LogP contribution >= 0.6 is 0 Å². The van der Waals surface area contributed by atoms with Gasteiger partial charge in [-0.3, -0.25) is 0 Å². The van der Waals surface area contributed by atoms with E-state index in [1.165, 1.54) is 48.5 Å². The molecule has 4 aromatic carbocycles. The van der Waals surface area contributed by atoms with Crippen LogP contribution in [0.15, 0.2) is 107 Å². The molecule has 0 amide bonds. The van der Waals surface area contributed by atoms with Gasteiger partial charge in [-0.05, 0) is 84.3 Å². The minimum absolute atomic E-state index is 0.0549. The summed E-state index contributed by atoms with van der Waals surface area (Å²) in [6.45, 7) is 4.13. The number of benzene rings is 4. The molecule has 0 atom stereocenters. The molecule has 0 fully saturated rings. The molecular formula is C45H54F6O6S2. The highest BCUT2D eigenvalue weighted by Crippen LogP contribution is 2.57. The summed E-state index contributed by atoms with van der Waals surface area (Å²) in [5.74, 6) is -0.757. The average molecular weight is 869 g/mol. The van der Waals surface area contributed by atoms with Crippen molar-refractivity contribution in [2.24, 2.45) is 0 Å². The number of hydrogen-bond acceptors (Lipinski definition) is 6. The lowest BCUT2D eigenvalue weighted by Crippen LogP contribution is -2.54. The number of alkyl halides is 6. The molecule has 0 bridgehead atoms. The molecule has 0 spiro atoms. The third kappa shape index (κ3) is 12.5. The quantitative estimate of drug-likeness (QED) is 0.0396. The topological polar surface area (TPSA) is 86.7 Å². The minimum atomic E-state index is -5.98. The van der Waals surface area contributed by atoms with Crippen molar-refractivity contribution in [3.05, 3.63) is 119 Å². The smallest absolute Gasteiger partial charge is 0.379 e. The van der Waals surface area contributed by atoms with Gasteiger partial charge in [0.15, 0.2) is 0 Å². The lowest BCUT2D eigenvalue weighted by atomic mass is 9.71. The van der Waals surface area contributed by atoms with Crippen molar-refractivity contribution in [3.63, 3.8) is 0 Å². The largest absolute Gasteiger partial charge is 0.411 e. The van der Waals surface area contributed by atoms with Gasteiger partial charge in [-0.15, -0.1) is 0 Å². The molecule has 0 aliphatic rings.